The summed E-state index contributed by atoms with van der Waals surface area (Å²) in [4.78, 5) is 14.5. The van der Waals surface area contributed by atoms with Gasteiger partial charge in [-0.3, -0.25) is 0 Å². The number of hydrogen-bond donors (Lipinski definition) is 1. The van der Waals surface area contributed by atoms with E-state index >= 15 is 0 Å². The van der Waals surface area contributed by atoms with E-state index in [4.69, 9.17) is 0 Å². The van der Waals surface area contributed by atoms with E-state index in [-0.39, 0.29) is 10.9 Å². The third-order valence-electron chi connectivity index (χ3n) is 4.85. The Morgan fingerprint density at radius 2 is 1.86 bits per heavy atom. The molecule has 1 heterocycles. The number of rotatable bonds is 2. The van der Waals surface area contributed by atoms with Gasteiger partial charge in [-0.05, 0) is 49.3 Å². The molecule has 2 atom stereocenters. The van der Waals surface area contributed by atoms with Gasteiger partial charge in [0.1, 0.15) is 0 Å². The lowest BCUT2D eigenvalue weighted by Gasteiger charge is -2.18. The first-order valence-corrected chi connectivity index (χ1v) is 9.60. The monoisotopic (exact) mass is 322 g/mol. The van der Waals surface area contributed by atoms with Gasteiger partial charge in [-0.25, -0.2) is 13.2 Å². The van der Waals surface area contributed by atoms with Crippen molar-refractivity contribution < 1.29 is 13.2 Å². The molecule has 2 aliphatic rings. The maximum absolute atomic E-state index is 12.4. The second kappa shape index (κ2) is 5.57. The molecule has 1 aromatic rings. The summed E-state index contributed by atoms with van der Waals surface area (Å²) in [6, 6.07) is 4.89. The Kier molecular flexibility index (Phi) is 3.89. The molecule has 1 aromatic carbocycles. The Labute approximate surface area is 131 Å². The highest BCUT2D eigenvalue weighted by Crippen LogP contribution is 2.37. The lowest BCUT2D eigenvalue weighted by molar-refractivity contribution is 0.219. The second-order valence-corrected chi connectivity index (χ2v) is 8.52. The van der Waals surface area contributed by atoms with Gasteiger partial charge in [-0.15, -0.1) is 0 Å². The molecule has 1 aliphatic carbocycles. The third kappa shape index (κ3) is 2.97. The highest BCUT2D eigenvalue weighted by molar-refractivity contribution is 7.90. The van der Waals surface area contributed by atoms with Crippen LogP contribution >= 0.6 is 0 Å². The van der Waals surface area contributed by atoms with Gasteiger partial charge in [0.25, 0.3) is 0 Å². The van der Waals surface area contributed by atoms with Gasteiger partial charge in [0.15, 0.2) is 9.84 Å². The maximum Gasteiger partial charge on any atom is 0.321 e. The minimum Gasteiger partial charge on any atom is -0.324 e. The van der Waals surface area contributed by atoms with Crippen molar-refractivity contribution in [2.75, 3.05) is 24.7 Å². The number of nitrogens with zero attached hydrogens (tertiary/aromatic N) is 1. The summed E-state index contributed by atoms with van der Waals surface area (Å²) in [5, 5.41) is 2.84. The number of carbonyl (C=O) groups is 1. The van der Waals surface area contributed by atoms with Gasteiger partial charge in [0, 0.05) is 25.0 Å². The average molecular weight is 322 g/mol. The minimum atomic E-state index is -3.29. The molecule has 0 aromatic heterocycles. The Hall–Kier alpha value is -1.56. The van der Waals surface area contributed by atoms with Crippen LogP contribution in [0.1, 0.15) is 24.8 Å². The predicted molar refractivity (Wildman–Crippen MR) is 85.7 cm³/mol. The van der Waals surface area contributed by atoms with Crippen LogP contribution in [0.25, 0.3) is 0 Å². The second-order valence-electron chi connectivity index (χ2n) is 6.54. The maximum atomic E-state index is 12.4. The van der Waals surface area contributed by atoms with Crippen molar-refractivity contribution >= 4 is 21.6 Å². The first-order chi connectivity index (χ1) is 10.3. The lowest BCUT2D eigenvalue weighted by Crippen LogP contribution is -2.33. The molecule has 2 fully saturated rings. The van der Waals surface area contributed by atoms with Crippen LogP contribution < -0.4 is 5.32 Å². The molecule has 0 unspecified atom stereocenters. The number of likely N-dealkylation sites (tertiary alicyclic amines) is 1. The van der Waals surface area contributed by atoms with E-state index in [9.17, 15) is 13.2 Å². The summed E-state index contributed by atoms with van der Waals surface area (Å²) < 4.78 is 23.5. The van der Waals surface area contributed by atoms with E-state index in [1.165, 1.54) is 25.5 Å². The predicted octanol–water partition coefficient (Wildman–Crippen LogP) is 2.66. The number of urea groups is 1. The summed E-state index contributed by atoms with van der Waals surface area (Å²) in [5.74, 6) is 1.30. The normalized spacial score (nSPS) is 24.4. The van der Waals surface area contributed by atoms with Crippen LogP contribution in [0.5, 0.6) is 0 Å². The molecule has 1 N–H and O–H groups in total. The summed E-state index contributed by atoms with van der Waals surface area (Å²) in [6.07, 6.45) is 4.90. The third-order valence-corrected chi connectivity index (χ3v) is 6.09. The van der Waals surface area contributed by atoms with Crippen molar-refractivity contribution in [3.8, 4) is 0 Å². The molecule has 0 spiro atoms. The zero-order valence-electron chi connectivity index (χ0n) is 13.0. The Balaban J connectivity index is 1.72. The first-order valence-electron chi connectivity index (χ1n) is 7.71. The van der Waals surface area contributed by atoms with Crippen LogP contribution in [0.3, 0.4) is 0 Å². The van der Waals surface area contributed by atoms with Crippen molar-refractivity contribution in [2.24, 2.45) is 11.8 Å². The Morgan fingerprint density at radius 3 is 2.45 bits per heavy atom. The fourth-order valence-electron chi connectivity index (χ4n) is 3.68. The van der Waals surface area contributed by atoms with Crippen LogP contribution in [0.4, 0.5) is 10.5 Å². The SMILES string of the molecule is Cc1ccc(NC(=O)N2C[C@H]3CCC[C@H]3C2)cc1S(C)(=O)=O. The zero-order valence-corrected chi connectivity index (χ0v) is 13.8. The van der Waals surface area contributed by atoms with Crippen molar-refractivity contribution in [1.82, 2.24) is 4.90 Å². The number of aryl methyl sites for hydroxylation is 1. The van der Waals surface area contributed by atoms with Crippen molar-refractivity contribution in [1.29, 1.82) is 0 Å². The zero-order chi connectivity index (χ0) is 15.9. The summed E-state index contributed by atoms with van der Waals surface area (Å²) in [7, 11) is -3.29. The van der Waals surface area contributed by atoms with Gasteiger partial charge < -0.3 is 10.2 Å². The molecule has 0 radical (unpaired) electrons. The molecule has 3 rings (SSSR count). The number of nitrogens with one attached hydrogen (secondary N) is 1. The number of hydrogen-bond acceptors (Lipinski definition) is 3. The van der Waals surface area contributed by atoms with Gasteiger partial charge in [-0.2, -0.15) is 0 Å². The van der Waals surface area contributed by atoms with Crippen molar-refractivity contribution in [3.63, 3.8) is 0 Å². The molecule has 1 saturated carbocycles. The number of sulfone groups is 1. The smallest absolute Gasteiger partial charge is 0.321 e. The molecule has 5 nitrogen and oxygen atoms in total. The average Bonchev–Trinajstić information content (AvgIpc) is 3.00. The molecule has 120 valence electrons. The largest absolute Gasteiger partial charge is 0.324 e. The van der Waals surface area contributed by atoms with Crippen LogP contribution in [0.2, 0.25) is 0 Å². The lowest BCUT2D eigenvalue weighted by atomic mass is 10.0. The van der Waals surface area contributed by atoms with Crippen LogP contribution in [0, 0.1) is 18.8 Å². The van der Waals surface area contributed by atoms with Crippen molar-refractivity contribution in [3.05, 3.63) is 23.8 Å². The highest BCUT2D eigenvalue weighted by atomic mass is 32.2. The van der Waals surface area contributed by atoms with Gasteiger partial charge in [0.2, 0.25) is 0 Å². The molecule has 22 heavy (non-hydrogen) atoms. The highest BCUT2D eigenvalue weighted by Gasteiger charge is 2.38. The molecular formula is C16H22N2O3S. The van der Waals surface area contributed by atoms with Gasteiger partial charge in [-0.1, -0.05) is 12.5 Å². The summed E-state index contributed by atoms with van der Waals surface area (Å²) >= 11 is 0. The molecule has 0 bridgehead atoms. The molecular weight excluding hydrogens is 300 g/mol. The molecule has 6 heteroatoms. The summed E-state index contributed by atoms with van der Waals surface area (Å²) in [6.45, 7) is 3.40. The van der Waals surface area contributed by atoms with E-state index in [0.29, 0.717) is 23.1 Å². The molecule has 2 amide bonds. The minimum absolute atomic E-state index is 0.127. The number of fused-ring (bicyclic) bond motifs is 1. The van der Waals surface area contributed by atoms with Crippen LogP contribution in [0.15, 0.2) is 23.1 Å². The van der Waals surface area contributed by atoms with E-state index in [2.05, 4.69) is 5.32 Å². The number of amides is 2. The van der Waals surface area contributed by atoms with E-state index in [1.807, 2.05) is 4.90 Å². The van der Waals surface area contributed by atoms with E-state index < -0.39 is 9.84 Å². The van der Waals surface area contributed by atoms with Gasteiger partial charge in [0.05, 0.1) is 4.90 Å². The quantitative estimate of drug-likeness (QED) is 0.910. The number of benzene rings is 1. The van der Waals surface area contributed by atoms with Crippen molar-refractivity contribution in [2.45, 2.75) is 31.1 Å². The fourth-order valence-corrected chi connectivity index (χ4v) is 4.67. The number of carbonyl (C=O) groups excluding carboxylic acids is 1. The van der Waals surface area contributed by atoms with E-state index in [1.54, 1.807) is 25.1 Å². The topological polar surface area (TPSA) is 66.5 Å². The number of anilines is 1. The van der Waals surface area contributed by atoms with Gasteiger partial charge >= 0.3 is 6.03 Å². The van der Waals surface area contributed by atoms with E-state index in [0.717, 1.165) is 13.1 Å². The Bertz CT molecular complexity index is 687. The fraction of sp³-hybridized carbons (Fsp3) is 0.562. The summed E-state index contributed by atoms with van der Waals surface area (Å²) in [5.41, 5.74) is 1.23. The molecule has 1 saturated heterocycles. The van der Waals surface area contributed by atoms with Crippen LogP contribution in [-0.4, -0.2) is 38.7 Å². The Morgan fingerprint density at radius 1 is 1.23 bits per heavy atom. The molecule has 1 aliphatic heterocycles. The standard InChI is InChI=1S/C16H22N2O3S/c1-11-6-7-14(8-15(11)22(2,20)21)17-16(19)18-9-12-4-3-5-13(12)10-18/h6-8,12-13H,3-5,9-10H2,1-2H3,(H,17,19)/t12-,13+. The first kappa shape index (κ1) is 15.3. The van der Waals surface area contributed by atoms with Crippen LogP contribution in [-0.2, 0) is 9.84 Å².